The highest BCUT2D eigenvalue weighted by Gasteiger charge is 2.31. The minimum atomic E-state index is 0.0233. The van der Waals surface area contributed by atoms with Crippen LogP contribution in [0.1, 0.15) is 57.1 Å². The van der Waals surface area contributed by atoms with Gasteiger partial charge in [0.05, 0.1) is 5.92 Å². The molecule has 1 N–H and O–H groups in total. The Morgan fingerprint density at radius 1 is 1.38 bits per heavy atom. The largest absolute Gasteiger partial charge is 0.352 e. The summed E-state index contributed by atoms with van der Waals surface area (Å²) >= 11 is 3.50. The van der Waals surface area contributed by atoms with Gasteiger partial charge in [0.2, 0.25) is 5.91 Å². The lowest BCUT2D eigenvalue weighted by Gasteiger charge is -2.33. The van der Waals surface area contributed by atoms with Crippen LogP contribution in [0.2, 0.25) is 0 Å². The average molecular weight is 352 g/mol. The maximum atomic E-state index is 12.8. The van der Waals surface area contributed by atoms with Crippen LogP contribution < -0.4 is 5.32 Å². The zero-order valence-corrected chi connectivity index (χ0v) is 14.9. The van der Waals surface area contributed by atoms with Gasteiger partial charge < -0.3 is 5.32 Å². The zero-order valence-electron chi connectivity index (χ0n) is 13.3. The Kier molecular flexibility index (Phi) is 5.48. The standard InChI is InChI=1S/C18H26BrNO/c1-18(2,3)16(11-12-19)20-17(21)15-10-6-8-13-7-4-5-9-14(13)15/h4-5,7,9,15-16H,6,8,10-12H2,1-3H3,(H,20,21). The molecular weight excluding hydrogens is 326 g/mol. The second-order valence-electron chi connectivity index (χ2n) is 7.05. The lowest BCUT2D eigenvalue weighted by atomic mass is 9.81. The van der Waals surface area contributed by atoms with Gasteiger partial charge >= 0.3 is 0 Å². The molecule has 2 rings (SSSR count). The number of benzene rings is 1. The van der Waals surface area contributed by atoms with Gasteiger partial charge in [0.1, 0.15) is 0 Å². The Hall–Kier alpha value is -0.830. The van der Waals surface area contributed by atoms with Crippen molar-refractivity contribution in [1.29, 1.82) is 0 Å². The number of rotatable bonds is 4. The number of amides is 1. The lowest BCUT2D eigenvalue weighted by molar-refractivity contribution is -0.124. The third kappa shape index (κ3) is 4.09. The maximum Gasteiger partial charge on any atom is 0.227 e. The number of halogens is 1. The van der Waals surface area contributed by atoms with E-state index in [2.05, 4.69) is 60.2 Å². The molecule has 0 bridgehead atoms. The van der Waals surface area contributed by atoms with Gasteiger partial charge in [-0.2, -0.15) is 0 Å². The highest BCUT2D eigenvalue weighted by molar-refractivity contribution is 9.09. The number of fused-ring (bicyclic) bond motifs is 1. The van der Waals surface area contributed by atoms with Crippen LogP contribution in [-0.2, 0) is 11.2 Å². The Morgan fingerprint density at radius 3 is 2.76 bits per heavy atom. The molecule has 3 heteroatoms. The summed E-state index contributed by atoms with van der Waals surface area (Å²) in [5.74, 6) is 0.221. The summed E-state index contributed by atoms with van der Waals surface area (Å²) in [6.07, 6.45) is 4.13. The third-order valence-corrected chi connectivity index (χ3v) is 4.90. The summed E-state index contributed by atoms with van der Waals surface area (Å²) in [4.78, 5) is 12.8. The van der Waals surface area contributed by atoms with E-state index in [4.69, 9.17) is 0 Å². The molecule has 1 aliphatic carbocycles. The van der Waals surface area contributed by atoms with Crippen LogP contribution >= 0.6 is 15.9 Å². The van der Waals surface area contributed by atoms with Gasteiger partial charge in [-0.15, -0.1) is 0 Å². The number of hydrogen-bond donors (Lipinski definition) is 1. The first kappa shape index (κ1) is 16.5. The first-order chi connectivity index (χ1) is 9.93. The van der Waals surface area contributed by atoms with Crippen molar-refractivity contribution in [2.75, 3.05) is 5.33 Å². The van der Waals surface area contributed by atoms with Gasteiger partial charge in [0.25, 0.3) is 0 Å². The predicted molar refractivity (Wildman–Crippen MR) is 91.9 cm³/mol. The summed E-state index contributed by atoms with van der Waals surface area (Å²) in [6.45, 7) is 6.57. The van der Waals surface area contributed by atoms with Crippen molar-refractivity contribution in [3.05, 3.63) is 35.4 Å². The highest BCUT2D eigenvalue weighted by atomic mass is 79.9. The molecule has 1 aromatic carbocycles. The summed E-state index contributed by atoms with van der Waals surface area (Å²) < 4.78 is 0. The number of carbonyl (C=O) groups is 1. The minimum Gasteiger partial charge on any atom is -0.352 e. The molecule has 116 valence electrons. The molecule has 0 spiro atoms. The number of hydrogen-bond acceptors (Lipinski definition) is 1. The van der Waals surface area contributed by atoms with E-state index in [0.717, 1.165) is 31.0 Å². The van der Waals surface area contributed by atoms with Crippen LogP contribution in [0, 0.1) is 5.41 Å². The van der Waals surface area contributed by atoms with E-state index in [1.807, 2.05) is 6.07 Å². The molecular formula is C18H26BrNO. The summed E-state index contributed by atoms with van der Waals surface area (Å²) in [5.41, 5.74) is 2.65. The Balaban J connectivity index is 2.14. The van der Waals surface area contributed by atoms with Gasteiger partial charge in [0, 0.05) is 11.4 Å². The van der Waals surface area contributed by atoms with Crippen LogP contribution in [0.5, 0.6) is 0 Å². The average Bonchev–Trinajstić information content (AvgIpc) is 2.45. The Labute approximate surface area is 136 Å². The molecule has 0 aromatic heterocycles. The minimum absolute atomic E-state index is 0.0233. The maximum absolute atomic E-state index is 12.8. The van der Waals surface area contributed by atoms with E-state index in [-0.39, 0.29) is 23.3 Å². The van der Waals surface area contributed by atoms with Crippen molar-refractivity contribution in [1.82, 2.24) is 5.32 Å². The molecule has 2 atom stereocenters. The highest BCUT2D eigenvalue weighted by Crippen LogP contribution is 2.32. The molecule has 1 aliphatic rings. The van der Waals surface area contributed by atoms with Gasteiger partial charge in [-0.25, -0.2) is 0 Å². The molecule has 0 saturated carbocycles. The number of alkyl halides is 1. The molecule has 1 amide bonds. The van der Waals surface area contributed by atoms with Crippen LogP contribution in [0.3, 0.4) is 0 Å². The summed E-state index contributed by atoms with van der Waals surface area (Å²) in [7, 11) is 0. The van der Waals surface area contributed by atoms with Crippen molar-refractivity contribution < 1.29 is 4.79 Å². The molecule has 0 radical (unpaired) electrons. The van der Waals surface area contributed by atoms with E-state index >= 15 is 0 Å². The smallest absolute Gasteiger partial charge is 0.227 e. The molecule has 21 heavy (non-hydrogen) atoms. The first-order valence-corrected chi connectivity index (χ1v) is 8.99. The molecule has 2 nitrogen and oxygen atoms in total. The van der Waals surface area contributed by atoms with Crippen LogP contribution in [0.4, 0.5) is 0 Å². The number of nitrogens with one attached hydrogen (secondary N) is 1. The van der Waals surface area contributed by atoms with Gasteiger partial charge in [-0.1, -0.05) is 61.0 Å². The van der Waals surface area contributed by atoms with Crippen molar-refractivity contribution in [2.24, 2.45) is 5.41 Å². The van der Waals surface area contributed by atoms with Crippen LogP contribution in [0.15, 0.2) is 24.3 Å². The van der Waals surface area contributed by atoms with Crippen molar-refractivity contribution >= 4 is 21.8 Å². The van der Waals surface area contributed by atoms with Crippen molar-refractivity contribution in [2.45, 2.75) is 58.4 Å². The van der Waals surface area contributed by atoms with E-state index in [0.29, 0.717) is 0 Å². The van der Waals surface area contributed by atoms with Crippen molar-refractivity contribution in [3.8, 4) is 0 Å². The van der Waals surface area contributed by atoms with E-state index in [1.54, 1.807) is 0 Å². The molecule has 0 saturated heterocycles. The Bertz CT molecular complexity index is 492. The first-order valence-electron chi connectivity index (χ1n) is 7.87. The summed E-state index contributed by atoms with van der Waals surface area (Å²) in [6, 6.07) is 8.61. The van der Waals surface area contributed by atoms with Gasteiger partial charge in [-0.3, -0.25) is 4.79 Å². The molecule has 0 heterocycles. The normalized spacial score (nSPS) is 19.7. The lowest BCUT2D eigenvalue weighted by Crippen LogP contribution is -2.46. The fraction of sp³-hybridized carbons (Fsp3) is 0.611. The quantitative estimate of drug-likeness (QED) is 0.799. The van der Waals surface area contributed by atoms with E-state index in [1.165, 1.54) is 11.1 Å². The van der Waals surface area contributed by atoms with Crippen molar-refractivity contribution in [3.63, 3.8) is 0 Å². The van der Waals surface area contributed by atoms with Crippen LogP contribution in [0.25, 0.3) is 0 Å². The fourth-order valence-corrected chi connectivity index (χ4v) is 3.59. The second kappa shape index (κ2) is 6.95. The predicted octanol–water partition coefficient (Wildman–Crippen LogP) is 4.42. The molecule has 0 fully saturated rings. The Morgan fingerprint density at radius 2 is 2.10 bits per heavy atom. The topological polar surface area (TPSA) is 29.1 Å². The zero-order chi connectivity index (χ0) is 15.5. The fourth-order valence-electron chi connectivity index (χ4n) is 3.13. The van der Waals surface area contributed by atoms with E-state index < -0.39 is 0 Å². The van der Waals surface area contributed by atoms with Gasteiger partial charge in [0.15, 0.2) is 0 Å². The van der Waals surface area contributed by atoms with E-state index in [9.17, 15) is 4.79 Å². The monoisotopic (exact) mass is 351 g/mol. The SMILES string of the molecule is CC(C)(C)C(CCBr)NC(=O)C1CCCc2ccccc21. The van der Waals surface area contributed by atoms with Gasteiger partial charge in [-0.05, 0) is 42.2 Å². The summed E-state index contributed by atoms with van der Waals surface area (Å²) in [5, 5.41) is 4.21. The molecule has 2 unspecified atom stereocenters. The third-order valence-electron chi connectivity index (χ3n) is 4.45. The molecule has 0 aliphatic heterocycles. The van der Waals surface area contributed by atoms with Crippen LogP contribution in [-0.4, -0.2) is 17.3 Å². The second-order valence-corrected chi connectivity index (χ2v) is 7.84. The number of aryl methyl sites for hydroxylation is 1. The molecule has 1 aromatic rings. The number of carbonyl (C=O) groups excluding carboxylic acids is 1.